The van der Waals surface area contributed by atoms with Crippen LogP contribution in [0.4, 0.5) is 0 Å². The summed E-state index contributed by atoms with van der Waals surface area (Å²) in [5, 5.41) is 11.7. The standard InChI is InChI=1S/C38H62N2P2Si/c1-43(2,3)32-16-31(33(17-32)38(41,34-6-4-8-39-34)35-7-5-9-40-35)24-42(36-18-25-10-26(19-36)12-27(11-25)20-36)37-21-28-13-29(22-37)15-30(14-28)23-37/h16,25-30,34-35,39-40H,4-15,17-24,41H2,1-3H3. The highest BCUT2D eigenvalue weighted by molar-refractivity contribution is 7.61. The molecule has 11 aliphatic rings. The molecular weight excluding hydrogens is 574 g/mol. The number of hydrogen-bond acceptors (Lipinski definition) is 2. The summed E-state index contributed by atoms with van der Waals surface area (Å²) in [6, 6.07) is 1.25. The molecule has 0 amide bonds. The van der Waals surface area contributed by atoms with E-state index < -0.39 is 8.07 Å². The average molecular weight is 637 g/mol. The molecule has 0 aromatic heterocycles. The van der Waals surface area contributed by atoms with Crippen LogP contribution >= 0.6 is 17.2 Å². The van der Waals surface area contributed by atoms with Gasteiger partial charge in [-0.05, 0) is 185 Å². The summed E-state index contributed by atoms with van der Waals surface area (Å²) in [7, 11) is 2.24. The van der Waals surface area contributed by atoms with Gasteiger partial charge in [0, 0.05) is 17.2 Å². The molecule has 11 rings (SSSR count). The van der Waals surface area contributed by atoms with Gasteiger partial charge < -0.3 is 10.6 Å². The topological polar surface area (TPSA) is 24.1 Å². The van der Waals surface area contributed by atoms with Gasteiger partial charge >= 0.3 is 0 Å². The predicted octanol–water partition coefficient (Wildman–Crippen LogP) is 9.03. The van der Waals surface area contributed by atoms with Gasteiger partial charge in [0.2, 0.25) is 0 Å². The summed E-state index contributed by atoms with van der Waals surface area (Å²) in [6.07, 6.45) is 30.6. The Kier molecular flexibility index (Phi) is 7.22. The van der Waals surface area contributed by atoms with Crippen molar-refractivity contribution in [2.24, 2.45) is 35.5 Å². The van der Waals surface area contributed by atoms with Crippen molar-refractivity contribution >= 4 is 25.2 Å². The molecule has 3 atom stereocenters. The molecular formula is C38H62N2P2Si. The zero-order valence-electron chi connectivity index (χ0n) is 27.9. The molecule has 3 unspecified atom stereocenters. The second-order valence-electron chi connectivity index (χ2n) is 19.2. The Bertz CT molecular complexity index is 1050. The molecule has 43 heavy (non-hydrogen) atoms. The van der Waals surface area contributed by atoms with Crippen LogP contribution < -0.4 is 10.6 Å². The highest BCUT2D eigenvalue weighted by Gasteiger charge is 2.63. The van der Waals surface area contributed by atoms with Gasteiger partial charge in [-0.15, -0.1) is 9.24 Å². The van der Waals surface area contributed by atoms with Crippen LogP contribution in [0, 0.1) is 35.5 Å². The van der Waals surface area contributed by atoms with Gasteiger partial charge in [0.25, 0.3) is 0 Å². The fourth-order valence-electron chi connectivity index (χ4n) is 14.4. The Labute approximate surface area is 268 Å². The first kappa shape index (κ1) is 29.6. The third kappa shape index (κ3) is 4.79. The molecule has 2 heterocycles. The van der Waals surface area contributed by atoms with Crippen LogP contribution in [-0.4, -0.2) is 54.9 Å². The summed E-state index contributed by atoms with van der Waals surface area (Å²) >= 11 is 0. The van der Waals surface area contributed by atoms with Gasteiger partial charge in [0.05, 0.1) is 8.07 Å². The molecule has 2 saturated heterocycles. The van der Waals surface area contributed by atoms with Crippen molar-refractivity contribution in [2.45, 2.75) is 156 Å². The van der Waals surface area contributed by atoms with Crippen molar-refractivity contribution in [3.05, 3.63) is 22.4 Å². The van der Waals surface area contributed by atoms with Crippen LogP contribution in [0.1, 0.15) is 109 Å². The van der Waals surface area contributed by atoms with Crippen LogP contribution in [0.2, 0.25) is 19.6 Å². The van der Waals surface area contributed by atoms with Gasteiger partial charge in [-0.1, -0.05) is 38.8 Å². The van der Waals surface area contributed by atoms with E-state index in [1.54, 1.807) is 77.0 Å². The maximum atomic E-state index is 4.09. The number of rotatable bonds is 8. The van der Waals surface area contributed by atoms with Gasteiger partial charge in [-0.25, -0.2) is 0 Å². The molecule has 5 heteroatoms. The molecule has 8 bridgehead atoms. The van der Waals surface area contributed by atoms with Crippen molar-refractivity contribution < 1.29 is 0 Å². The zero-order chi connectivity index (χ0) is 29.2. The highest BCUT2D eigenvalue weighted by Crippen LogP contribution is 2.79. The minimum atomic E-state index is -1.38. The van der Waals surface area contributed by atoms with Crippen molar-refractivity contribution in [2.75, 3.05) is 19.3 Å². The van der Waals surface area contributed by atoms with E-state index in [1.165, 1.54) is 51.4 Å². The summed E-state index contributed by atoms with van der Waals surface area (Å²) in [5.41, 5.74) is 3.82. The first-order valence-corrected chi connectivity index (χ1v) is 24.7. The lowest BCUT2D eigenvalue weighted by atomic mass is 9.55. The van der Waals surface area contributed by atoms with E-state index in [-0.39, 0.29) is 13.1 Å². The monoisotopic (exact) mass is 636 g/mol. The quantitative estimate of drug-likeness (QED) is 0.205. The normalized spacial score (nSPS) is 48.8. The number of allylic oxidation sites excluding steroid dienone is 3. The molecule has 2 N–H and O–H groups in total. The van der Waals surface area contributed by atoms with Crippen molar-refractivity contribution in [1.29, 1.82) is 0 Å². The molecule has 10 fully saturated rings. The lowest BCUT2D eigenvalue weighted by Crippen LogP contribution is -2.57. The largest absolute Gasteiger partial charge is 0.313 e. The second-order valence-corrected chi connectivity index (χ2v) is 28.4. The molecule has 0 spiro atoms. The predicted molar refractivity (Wildman–Crippen MR) is 191 cm³/mol. The maximum Gasteiger partial charge on any atom is 0.0728 e. The van der Waals surface area contributed by atoms with E-state index >= 15 is 0 Å². The van der Waals surface area contributed by atoms with Gasteiger partial charge in [-0.3, -0.25) is 0 Å². The SMILES string of the molecule is C[Si](C)(C)C1=CC(CP(C23CC4CC(CC(C4)C2)C3)C23CC4CC(CC(C4)C2)C3)=C(C(P)(C2CCCN2)C2CCCN2)C1. The zero-order valence-corrected chi connectivity index (χ0v) is 30.9. The van der Waals surface area contributed by atoms with Crippen molar-refractivity contribution in [3.63, 3.8) is 0 Å². The minimum Gasteiger partial charge on any atom is -0.313 e. The molecule has 8 saturated carbocycles. The summed E-state index contributed by atoms with van der Waals surface area (Å²) in [6.45, 7) is 10.4. The number of hydrogen-bond donors (Lipinski definition) is 2. The van der Waals surface area contributed by atoms with E-state index in [0.717, 1.165) is 45.8 Å². The third-order valence-corrected chi connectivity index (χ3v) is 22.8. The van der Waals surface area contributed by atoms with Gasteiger partial charge in [0.1, 0.15) is 0 Å². The molecule has 0 aromatic carbocycles. The Morgan fingerprint density at radius 3 is 1.51 bits per heavy atom. The Hall–Kier alpha value is 0.477. The van der Waals surface area contributed by atoms with Crippen LogP contribution in [0.15, 0.2) is 22.4 Å². The lowest BCUT2D eigenvalue weighted by Gasteiger charge is -2.67. The lowest BCUT2D eigenvalue weighted by molar-refractivity contribution is 0.0187. The van der Waals surface area contributed by atoms with Crippen LogP contribution in [0.25, 0.3) is 0 Å². The van der Waals surface area contributed by atoms with E-state index in [1.807, 2.05) is 16.3 Å². The first-order valence-electron chi connectivity index (χ1n) is 19.1. The molecule has 2 aliphatic heterocycles. The third-order valence-electron chi connectivity index (χ3n) is 15.3. The average Bonchev–Trinajstić information content (AvgIpc) is 3.72. The van der Waals surface area contributed by atoms with E-state index in [9.17, 15) is 0 Å². The van der Waals surface area contributed by atoms with E-state index in [2.05, 4.69) is 45.6 Å². The molecule has 9 aliphatic carbocycles. The van der Waals surface area contributed by atoms with Gasteiger partial charge in [0.15, 0.2) is 0 Å². The van der Waals surface area contributed by atoms with Gasteiger partial charge in [-0.2, -0.15) is 0 Å². The molecule has 0 radical (unpaired) electrons. The Balaban J connectivity index is 1.17. The number of nitrogens with one attached hydrogen (secondary N) is 2. The fourth-order valence-corrected chi connectivity index (χ4v) is 21.7. The fraction of sp³-hybridized carbons (Fsp3) is 0.895. The summed E-state index contributed by atoms with van der Waals surface area (Å²) < 4.78 is 0. The minimum absolute atomic E-state index is 0.0100. The van der Waals surface area contributed by atoms with E-state index in [4.69, 9.17) is 0 Å². The van der Waals surface area contributed by atoms with Crippen LogP contribution in [-0.2, 0) is 0 Å². The Morgan fingerprint density at radius 2 is 1.16 bits per heavy atom. The summed E-state index contributed by atoms with van der Waals surface area (Å²) in [4.78, 5) is 0. The maximum absolute atomic E-state index is 4.09. The van der Waals surface area contributed by atoms with Crippen molar-refractivity contribution in [1.82, 2.24) is 10.6 Å². The summed E-state index contributed by atoms with van der Waals surface area (Å²) in [5.74, 6) is 6.51. The van der Waals surface area contributed by atoms with Crippen LogP contribution in [0.3, 0.4) is 0 Å². The van der Waals surface area contributed by atoms with Crippen molar-refractivity contribution in [3.8, 4) is 0 Å². The molecule has 238 valence electrons. The first-order chi connectivity index (χ1) is 20.6. The molecule has 0 aromatic rings. The Morgan fingerprint density at radius 1 is 0.744 bits per heavy atom. The second kappa shape index (κ2) is 10.5. The van der Waals surface area contributed by atoms with Crippen LogP contribution in [0.5, 0.6) is 0 Å². The smallest absolute Gasteiger partial charge is 0.0728 e. The molecule has 2 nitrogen and oxygen atoms in total. The van der Waals surface area contributed by atoms with E-state index in [0.29, 0.717) is 12.1 Å². The highest BCUT2D eigenvalue weighted by atomic mass is 31.1.